The zero-order valence-electron chi connectivity index (χ0n) is 17.8. The number of nitrogens with zero attached hydrogens (tertiary/aromatic N) is 5. The summed E-state index contributed by atoms with van der Waals surface area (Å²) >= 11 is 0. The Hall–Kier alpha value is -2.35. The first-order valence-electron chi connectivity index (χ1n) is 10.1. The van der Waals surface area contributed by atoms with Crippen LogP contribution in [0.5, 0.6) is 0 Å². The van der Waals surface area contributed by atoms with Crippen LogP contribution in [0.1, 0.15) is 49.9 Å². The maximum absolute atomic E-state index is 9.38. The molecule has 0 spiro atoms. The highest BCUT2D eigenvalue weighted by atomic mass is 127. The van der Waals surface area contributed by atoms with Gasteiger partial charge in [0.1, 0.15) is 6.07 Å². The Morgan fingerprint density at radius 2 is 2.20 bits per heavy atom. The van der Waals surface area contributed by atoms with Crippen LogP contribution in [0.4, 0.5) is 5.69 Å². The fraction of sp³-hybridized carbons (Fsp3) is 0.524. The number of guanidine groups is 1. The van der Waals surface area contributed by atoms with Gasteiger partial charge in [0.05, 0.1) is 11.3 Å². The lowest BCUT2D eigenvalue weighted by Gasteiger charge is -2.35. The van der Waals surface area contributed by atoms with Crippen molar-refractivity contribution in [3.05, 3.63) is 41.5 Å². The summed E-state index contributed by atoms with van der Waals surface area (Å²) in [6.45, 7) is 6.54. The van der Waals surface area contributed by atoms with E-state index in [0.717, 1.165) is 49.0 Å². The van der Waals surface area contributed by atoms with Crippen molar-refractivity contribution in [2.75, 3.05) is 31.6 Å². The van der Waals surface area contributed by atoms with Crippen molar-refractivity contribution in [3.63, 3.8) is 0 Å². The van der Waals surface area contributed by atoms with E-state index in [1.165, 1.54) is 0 Å². The Kier molecular flexibility index (Phi) is 9.36. The van der Waals surface area contributed by atoms with Crippen molar-refractivity contribution < 1.29 is 4.52 Å². The second kappa shape index (κ2) is 11.7. The molecule has 1 fully saturated rings. The van der Waals surface area contributed by atoms with Crippen molar-refractivity contribution in [2.45, 2.75) is 45.1 Å². The number of nitriles is 1. The molecule has 1 aliphatic rings. The molecule has 0 radical (unpaired) electrons. The third kappa shape index (κ3) is 6.32. The third-order valence-electron chi connectivity index (χ3n) is 4.98. The lowest BCUT2D eigenvalue weighted by atomic mass is 10.0. The molecular weight excluding hydrogens is 493 g/mol. The van der Waals surface area contributed by atoms with Crippen LogP contribution in [0.25, 0.3) is 0 Å². The van der Waals surface area contributed by atoms with E-state index < -0.39 is 0 Å². The number of aliphatic imine (C=N–C) groups is 1. The van der Waals surface area contributed by atoms with Crippen LogP contribution in [0.15, 0.2) is 33.8 Å². The van der Waals surface area contributed by atoms with Crippen molar-refractivity contribution in [3.8, 4) is 6.07 Å². The summed E-state index contributed by atoms with van der Waals surface area (Å²) in [5.74, 6) is 2.39. The largest absolute Gasteiger partial charge is 0.368 e. The molecule has 8 nitrogen and oxygen atoms in total. The molecular formula is C21H30IN7O. The molecule has 1 unspecified atom stereocenters. The lowest BCUT2D eigenvalue weighted by molar-refractivity contribution is 0.371. The van der Waals surface area contributed by atoms with E-state index in [9.17, 15) is 5.26 Å². The van der Waals surface area contributed by atoms with Gasteiger partial charge in [-0.3, -0.25) is 4.99 Å². The molecule has 0 bridgehead atoms. The molecule has 9 heteroatoms. The summed E-state index contributed by atoms with van der Waals surface area (Å²) in [7, 11) is 1.77. The van der Waals surface area contributed by atoms with Crippen molar-refractivity contribution >= 4 is 35.6 Å². The molecule has 0 aliphatic carbocycles. The number of hydrogen-bond donors (Lipinski definition) is 2. The standard InChI is InChI=1S/C21H29N7O.HI/c1-15(2)20-26-19(29-27-20)10-11-24-21(23-3)25-17-8-6-12-28(14-17)18-9-5-4-7-16(18)13-22;/h4-5,7,9,15,17H,6,8,10-12,14H2,1-3H3,(H2,23,24,25);1H. The van der Waals surface area contributed by atoms with Crippen LogP contribution in [-0.4, -0.2) is 48.8 Å². The Bertz CT molecular complexity index is 874. The van der Waals surface area contributed by atoms with Crippen molar-refractivity contribution in [1.29, 1.82) is 5.26 Å². The van der Waals surface area contributed by atoms with E-state index >= 15 is 0 Å². The molecule has 1 atom stereocenters. The van der Waals surface area contributed by atoms with Gasteiger partial charge in [-0.1, -0.05) is 31.1 Å². The first-order valence-corrected chi connectivity index (χ1v) is 10.1. The van der Waals surface area contributed by atoms with Gasteiger partial charge in [-0.15, -0.1) is 24.0 Å². The van der Waals surface area contributed by atoms with E-state index in [4.69, 9.17) is 4.52 Å². The molecule has 2 N–H and O–H groups in total. The molecule has 0 amide bonds. The monoisotopic (exact) mass is 523 g/mol. The Labute approximate surface area is 195 Å². The van der Waals surface area contributed by atoms with Crippen LogP contribution in [0.3, 0.4) is 0 Å². The average molecular weight is 523 g/mol. The second-order valence-electron chi connectivity index (χ2n) is 7.51. The van der Waals surface area contributed by atoms with Gasteiger partial charge in [-0.25, -0.2) is 0 Å². The predicted octanol–water partition coefficient (Wildman–Crippen LogP) is 3.06. The van der Waals surface area contributed by atoms with Crippen LogP contribution >= 0.6 is 24.0 Å². The molecule has 3 rings (SSSR count). The molecule has 1 aromatic heterocycles. The van der Waals surface area contributed by atoms with Crippen molar-refractivity contribution in [1.82, 2.24) is 20.8 Å². The van der Waals surface area contributed by atoms with Gasteiger partial charge in [0.15, 0.2) is 11.8 Å². The SMILES string of the molecule is CN=C(NCCc1nc(C(C)C)no1)NC1CCCN(c2ccccc2C#N)C1.I. The Morgan fingerprint density at radius 1 is 1.40 bits per heavy atom. The summed E-state index contributed by atoms with van der Waals surface area (Å²) in [5.41, 5.74) is 1.72. The minimum absolute atomic E-state index is 0. The summed E-state index contributed by atoms with van der Waals surface area (Å²) in [6, 6.07) is 10.3. The summed E-state index contributed by atoms with van der Waals surface area (Å²) < 4.78 is 5.28. The smallest absolute Gasteiger partial charge is 0.228 e. The Morgan fingerprint density at radius 3 is 2.90 bits per heavy atom. The molecule has 1 saturated heterocycles. The van der Waals surface area contributed by atoms with Crippen LogP contribution < -0.4 is 15.5 Å². The van der Waals surface area contributed by atoms with E-state index in [2.05, 4.69) is 36.7 Å². The van der Waals surface area contributed by atoms with Gasteiger partial charge >= 0.3 is 0 Å². The highest BCUT2D eigenvalue weighted by molar-refractivity contribution is 14.0. The number of piperidine rings is 1. The number of rotatable bonds is 6. The molecule has 1 aromatic carbocycles. The molecule has 30 heavy (non-hydrogen) atoms. The molecule has 0 saturated carbocycles. The van der Waals surface area contributed by atoms with E-state index in [1.807, 2.05) is 38.1 Å². The van der Waals surface area contributed by atoms with Gasteiger partial charge < -0.3 is 20.1 Å². The maximum atomic E-state index is 9.38. The first-order chi connectivity index (χ1) is 14.1. The van der Waals surface area contributed by atoms with E-state index in [0.29, 0.717) is 18.9 Å². The van der Waals surface area contributed by atoms with Gasteiger partial charge in [0.2, 0.25) is 5.89 Å². The van der Waals surface area contributed by atoms with Crippen LogP contribution in [0, 0.1) is 11.3 Å². The number of aromatic nitrogens is 2. The number of nitrogens with one attached hydrogen (secondary N) is 2. The minimum Gasteiger partial charge on any atom is -0.368 e. The second-order valence-corrected chi connectivity index (χ2v) is 7.51. The van der Waals surface area contributed by atoms with E-state index in [-0.39, 0.29) is 35.9 Å². The molecule has 162 valence electrons. The molecule has 2 aromatic rings. The topological polar surface area (TPSA) is 102 Å². The van der Waals surface area contributed by atoms with Gasteiger partial charge in [-0.05, 0) is 25.0 Å². The minimum atomic E-state index is 0. The summed E-state index contributed by atoms with van der Waals surface area (Å²) in [4.78, 5) is 11.0. The summed E-state index contributed by atoms with van der Waals surface area (Å²) in [5, 5.41) is 20.2. The van der Waals surface area contributed by atoms with Gasteiger partial charge in [0, 0.05) is 45.1 Å². The highest BCUT2D eigenvalue weighted by Gasteiger charge is 2.22. The molecule has 2 heterocycles. The van der Waals surface area contributed by atoms with Gasteiger partial charge in [-0.2, -0.15) is 10.2 Å². The zero-order valence-corrected chi connectivity index (χ0v) is 20.1. The number of anilines is 1. The fourth-order valence-corrected chi connectivity index (χ4v) is 3.44. The Balaban J connectivity index is 0.00000320. The normalized spacial score (nSPS) is 16.7. The molecule has 1 aliphatic heterocycles. The number of halogens is 1. The van der Waals surface area contributed by atoms with E-state index in [1.54, 1.807) is 7.05 Å². The maximum Gasteiger partial charge on any atom is 0.228 e. The lowest BCUT2D eigenvalue weighted by Crippen LogP contribution is -2.51. The van der Waals surface area contributed by atoms with Crippen LogP contribution in [-0.2, 0) is 6.42 Å². The first kappa shape index (κ1) is 23.9. The quantitative estimate of drug-likeness (QED) is 0.341. The zero-order chi connectivity index (χ0) is 20.6. The third-order valence-corrected chi connectivity index (χ3v) is 4.98. The average Bonchev–Trinajstić information content (AvgIpc) is 3.22. The van der Waals surface area contributed by atoms with Crippen LogP contribution in [0.2, 0.25) is 0 Å². The predicted molar refractivity (Wildman–Crippen MR) is 128 cm³/mol. The number of para-hydroxylation sites is 1. The number of benzene rings is 1. The van der Waals surface area contributed by atoms with Gasteiger partial charge in [0.25, 0.3) is 0 Å². The highest BCUT2D eigenvalue weighted by Crippen LogP contribution is 2.23. The fourth-order valence-electron chi connectivity index (χ4n) is 3.44. The summed E-state index contributed by atoms with van der Waals surface area (Å²) in [6.07, 6.45) is 2.77. The number of hydrogen-bond acceptors (Lipinski definition) is 6. The van der Waals surface area contributed by atoms with Crippen molar-refractivity contribution in [2.24, 2.45) is 4.99 Å².